The predicted octanol–water partition coefficient (Wildman–Crippen LogP) is 0.911. The van der Waals surface area contributed by atoms with Gasteiger partial charge in [-0.15, -0.1) is 0 Å². The van der Waals surface area contributed by atoms with Crippen LogP contribution in [0.4, 0.5) is 0 Å². The van der Waals surface area contributed by atoms with Crippen molar-refractivity contribution in [2.24, 2.45) is 5.73 Å². The summed E-state index contributed by atoms with van der Waals surface area (Å²) in [5.41, 5.74) is 5.61. The zero-order valence-electron chi connectivity index (χ0n) is 6.42. The van der Waals surface area contributed by atoms with Gasteiger partial charge in [-0.1, -0.05) is 12.1 Å². The Kier molecular flexibility index (Phi) is 2.25. The maximum Gasteiger partial charge on any atom is 0.148 e. The number of nitrogens with zero attached hydrogens (tertiary/aromatic N) is 1. The number of aryl methyl sites for hydroxylation is 1. The number of amidine groups is 1. The number of hydrogen-bond donors (Lipinski definition) is 2. The van der Waals surface area contributed by atoms with Crippen LogP contribution in [0.5, 0.6) is 0 Å². The van der Waals surface area contributed by atoms with E-state index in [9.17, 15) is 0 Å². The maximum atomic E-state index is 7.04. The summed E-state index contributed by atoms with van der Waals surface area (Å²) in [5.74, 6) is 0.744. The molecule has 4 nitrogen and oxygen atoms in total. The van der Waals surface area contributed by atoms with Gasteiger partial charge in [0.15, 0.2) is 0 Å². The standard InChI is InChI=1S/C7H11N3O/c1-2-3-5-4-6(7(8)9)10-11-5/h4H,2-3H2,1H3,(H3,8,9). The lowest BCUT2D eigenvalue weighted by atomic mass is 10.2. The van der Waals surface area contributed by atoms with Gasteiger partial charge in [0.05, 0.1) is 0 Å². The molecular formula is C7H11N3O. The second kappa shape index (κ2) is 3.18. The van der Waals surface area contributed by atoms with Crippen molar-refractivity contribution in [2.45, 2.75) is 19.8 Å². The van der Waals surface area contributed by atoms with E-state index < -0.39 is 0 Å². The molecule has 60 valence electrons. The summed E-state index contributed by atoms with van der Waals surface area (Å²) >= 11 is 0. The normalized spacial score (nSPS) is 9.91. The summed E-state index contributed by atoms with van der Waals surface area (Å²) in [6, 6.07) is 1.70. The van der Waals surface area contributed by atoms with Crippen LogP contribution in [0.2, 0.25) is 0 Å². The van der Waals surface area contributed by atoms with Crippen LogP contribution in [-0.2, 0) is 6.42 Å². The minimum Gasteiger partial charge on any atom is -0.382 e. The van der Waals surface area contributed by atoms with Gasteiger partial charge in [0.25, 0.3) is 0 Å². The topological polar surface area (TPSA) is 75.9 Å². The third-order valence-electron chi connectivity index (χ3n) is 1.33. The number of nitrogens with one attached hydrogen (secondary N) is 1. The fourth-order valence-corrected chi connectivity index (χ4v) is 0.804. The summed E-state index contributed by atoms with van der Waals surface area (Å²) in [7, 11) is 0. The molecule has 1 aromatic heterocycles. The van der Waals surface area contributed by atoms with Crippen LogP contribution in [0.3, 0.4) is 0 Å². The van der Waals surface area contributed by atoms with Crippen LogP contribution in [0.25, 0.3) is 0 Å². The van der Waals surface area contributed by atoms with Gasteiger partial charge >= 0.3 is 0 Å². The van der Waals surface area contributed by atoms with Crippen molar-refractivity contribution in [1.29, 1.82) is 5.41 Å². The maximum absolute atomic E-state index is 7.04. The highest BCUT2D eigenvalue weighted by atomic mass is 16.5. The SMILES string of the molecule is CCCc1cc(C(=N)N)no1. The number of nitrogens with two attached hydrogens (primary N) is 1. The fourth-order valence-electron chi connectivity index (χ4n) is 0.804. The second-order valence-electron chi connectivity index (χ2n) is 2.34. The molecule has 0 radical (unpaired) electrons. The lowest BCUT2D eigenvalue weighted by Gasteiger charge is -1.84. The van der Waals surface area contributed by atoms with E-state index in [1.165, 1.54) is 0 Å². The van der Waals surface area contributed by atoms with Crippen LogP contribution in [0.1, 0.15) is 24.8 Å². The first-order valence-corrected chi connectivity index (χ1v) is 3.54. The lowest BCUT2D eigenvalue weighted by Crippen LogP contribution is -2.10. The van der Waals surface area contributed by atoms with Gasteiger partial charge in [-0.05, 0) is 6.42 Å². The van der Waals surface area contributed by atoms with Gasteiger partial charge in [-0.3, -0.25) is 5.41 Å². The van der Waals surface area contributed by atoms with E-state index in [0.717, 1.165) is 18.6 Å². The molecule has 0 spiro atoms. The Morgan fingerprint density at radius 1 is 1.82 bits per heavy atom. The molecule has 0 unspecified atom stereocenters. The Morgan fingerprint density at radius 3 is 3.00 bits per heavy atom. The Balaban J connectivity index is 2.73. The first-order valence-electron chi connectivity index (χ1n) is 3.54. The Labute approximate surface area is 64.9 Å². The number of hydrogen-bond acceptors (Lipinski definition) is 3. The Bertz CT molecular complexity index is 254. The minimum absolute atomic E-state index is 0.0453. The van der Waals surface area contributed by atoms with Crippen molar-refractivity contribution in [2.75, 3.05) is 0 Å². The molecule has 11 heavy (non-hydrogen) atoms. The smallest absolute Gasteiger partial charge is 0.148 e. The van der Waals surface area contributed by atoms with Crippen LogP contribution in [-0.4, -0.2) is 11.0 Å². The third kappa shape index (κ3) is 1.80. The van der Waals surface area contributed by atoms with Gasteiger partial charge in [0.2, 0.25) is 0 Å². The first kappa shape index (κ1) is 7.78. The van der Waals surface area contributed by atoms with E-state index >= 15 is 0 Å². The minimum atomic E-state index is -0.0453. The quantitative estimate of drug-likeness (QED) is 0.500. The molecule has 0 amide bonds. The van der Waals surface area contributed by atoms with E-state index in [1.807, 2.05) is 0 Å². The molecular weight excluding hydrogens is 142 g/mol. The van der Waals surface area contributed by atoms with Gasteiger partial charge in [0, 0.05) is 12.5 Å². The predicted molar refractivity (Wildman–Crippen MR) is 41.5 cm³/mol. The van der Waals surface area contributed by atoms with Crippen molar-refractivity contribution in [3.05, 3.63) is 17.5 Å². The summed E-state index contributed by atoms with van der Waals surface area (Å²) in [6.45, 7) is 2.05. The van der Waals surface area contributed by atoms with Gasteiger partial charge in [-0.25, -0.2) is 0 Å². The molecule has 1 heterocycles. The molecule has 0 atom stereocenters. The van der Waals surface area contributed by atoms with Gasteiger partial charge in [-0.2, -0.15) is 0 Å². The average Bonchev–Trinajstić information content (AvgIpc) is 2.37. The molecule has 0 aliphatic carbocycles. The summed E-state index contributed by atoms with van der Waals surface area (Å²) in [5, 5.41) is 10.6. The Morgan fingerprint density at radius 2 is 2.55 bits per heavy atom. The highest BCUT2D eigenvalue weighted by Crippen LogP contribution is 2.04. The third-order valence-corrected chi connectivity index (χ3v) is 1.33. The highest BCUT2D eigenvalue weighted by molar-refractivity contribution is 5.92. The van der Waals surface area contributed by atoms with E-state index in [4.69, 9.17) is 15.7 Å². The van der Waals surface area contributed by atoms with E-state index in [2.05, 4.69) is 12.1 Å². The molecule has 0 saturated carbocycles. The van der Waals surface area contributed by atoms with Crippen LogP contribution >= 0.6 is 0 Å². The van der Waals surface area contributed by atoms with Crippen molar-refractivity contribution in [3.8, 4) is 0 Å². The zero-order valence-corrected chi connectivity index (χ0v) is 6.42. The van der Waals surface area contributed by atoms with E-state index in [-0.39, 0.29) is 5.84 Å². The molecule has 0 saturated heterocycles. The molecule has 0 aromatic carbocycles. The van der Waals surface area contributed by atoms with E-state index in [1.54, 1.807) is 6.07 Å². The largest absolute Gasteiger partial charge is 0.382 e. The average molecular weight is 153 g/mol. The van der Waals surface area contributed by atoms with Gasteiger partial charge in [0.1, 0.15) is 17.3 Å². The van der Waals surface area contributed by atoms with Crippen molar-refractivity contribution < 1.29 is 4.52 Å². The summed E-state index contributed by atoms with van der Waals surface area (Å²) in [4.78, 5) is 0. The summed E-state index contributed by atoms with van der Waals surface area (Å²) in [6.07, 6.45) is 1.85. The highest BCUT2D eigenvalue weighted by Gasteiger charge is 2.04. The number of nitrogen functional groups attached to an aromatic ring is 1. The molecule has 0 aliphatic rings. The van der Waals surface area contributed by atoms with Gasteiger partial charge < -0.3 is 10.3 Å². The molecule has 3 N–H and O–H groups in total. The van der Waals surface area contributed by atoms with Crippen molar-refractivity contribution in [3.63, 3.8) is 0 Å². The molecule has 0 fully saturated rings. The summed E-state index contributed by atoms with van der Waals surface area (Å²) < 4.78 is 4.90. The Hall–Kier alpha value is -1.32. The first-order chi connectivity index (χ1) is 5.24. The monoisotopic (exact) mass is 153 g/mol. The molecule has 1 aromatic rings. The lowest BCUT2D eigenvalue weighted by molar-refractivity contribution is 0.381. The second-order valence-corrected chi connectivity index (χ2v) is 2.34. The molecule has 0 aliphatic heterocycles. The molecule has 0 bridgehead atoms. The fraction of sp³-hybridized carbons (Fsp3) is 0.429. The number of rotatable bonds is 3. The van der Waals surface area contributed by atoms with E-state index in [0.29, 0.717) is 5.69 Å². The molecule has 4 heteroatoms. The van der Waals surface area contributed by atoms with Crippen LogP contribution in [0.15, 0.2) is 10.6 Å². The van der Waals surface area contributed by atoms with Crippen molar-refractivity contribution in [1.82, 2.24) is 5.16 Å². The van der Waals surface area contributed by atoms with Crippen molar-refractivity contribution >= 4 is 5.84 Å². The van der Waals surface area contributed by atoms with Crippen LogP contribution in [0, 0.1) is 5.41 Å². The zero-order chi connectivity index (χ0) is 8.27. The number of aromatic nitrogens is 1. The molecule has 1 rings (SSSR count). The van der Waals surface area contributed by atoms with Crippen LogP contribution < -0.4 is 5.73 Å².